The van der Waals surface area contributed by atoms with E-state index in [1.807, 2.05) is 64.1 Å². The SMILES string of the molecule is Cc1cc([C@H]2C3=CC[C@@H]4C(=O)N(C)C(=O)[C@@H]4[C@@H]3C[C@H]3C(=O)N(c4cc(-c5sc6ccc(Cl)cc6c5C)nn4C)C(=O)[C@@]23C)cc(C)c1O. The van der Waals surface area contributed by atoms with Crippen LogP contribution in [0.15, 0.2) is 48.0 Å². The van der Waals surface area contributed by atoms with Gasteiger partial charge in [-0.25, -0.2) is 4.90 Å². The predicted octanol–water partition coefficient (Wildman–Crippen LogP) is 6.45. The quantitative estimate of drug-likeness (QED) is 0.196. The van der Waals surface area contributed by atoms with Crippen molar-refractivity contribution in [2.24, 2.45) is 36.1 Å². The molecule has 2 aromatic heterocycles. The number of amides is 4. The van der Waals surface area contributed by atoms with Crippen LogP contribution in [0.1, 0.15) is 47.9 Å². The third kappa shape index (κ3) is 3.99. The van der Waals surface area contributed by atoms with Gasteiger partial charge in [-0.2, -0.15) is 5.10 Å². The average molecular weight is 683 g/mol. The van der Waals surface area contributed by atoms with Crippen molar-refractivity contribution in [1.82, 2.24) is 14.7 Å². The summed E-state index contributed by atoms with van der Waals surface area (Å²) in [6.45, 7) is 7.52. The molecule has 4 amide bonds. The number of nitrogens with zero attached hydrogens (tertiary/aromatic N) is 4. The lowest BCUT2D eigenvalue weighted by Crippen LogP contribution is -2.48. The van der Waals surface area contributed by atoms with E-state index in [1.54, 1.807) is 29.1 Å². The zero-order valence-electron chi connectivity index (χ0n) is 27.5. The lowest BCUT2D eigenvalue weighted by atomic mass is 9.51. The molecule has 0 unspecified atom stereocenters. The summed E-state index contributed by atoms with van der Waals surface area (Å²) in [5.41, 5.74) is 3.55. The van der Waals surface area contributed by atoms with Crippen LogP contribution in [0.3, 0.4) is 0 Å². The summed E-state index contributed by atoms with van der Waals surface area (Å²) in [4.78, 5) is 59.7. The topological polar surface area (TPSA) is 113 Å². The summed E-state index contributed by atoms with van der Waals surface area (Å²) in [5.74, 6) is -3.26. The maximum absolute atomic E-state index is 15.0. The Balaban J connectivity index is 1.27. The van der Waals surface area contributed by atoms with Gasteiger partial charge in [0.25, 0.3) is 0 Å². The summed E-state index contributed by atoms with van der Waals surface area (Å²) >= 11 is 7.88. The number of imide groups is 2. The zero-order chi connectivity index (χ0) is 34.1. The minimum absolute atomic E-state index is 0.181. The number of thiophene rings is 1. The molecule has 4 aromatic rings. The van der Waals surface area contributed by atoms with Crippen molar-refractivity contribution in [1.29, 1.82) is 0 Å². The number of likely N-dealkylation sites (tertiary alicyclic amines) is 1. The number of allylic oxidation sites excluding steroid dienone is 2. The largest absolute Gasteiger partial charge is 0.507 e. The lowest BCUT2D eigenvalue weighted by Gasteiger charge is -2.49. The molecule has 2 saturated heterocycles. The maximum atomic E-state index is 15.0. The molecule has 11 heteroatoms. The molecule has 0 bridgehead atoms. The number of phenols is 1. The molecule has 246 valence electrons. The highest BCUT2D eigenvalue weighted by atomic mass is 35.5. The van der Waals surface area contributed by atoms with Gasteiger partial charge in [-0.3, -0.25) is 28.8 Å². The zero-order valence-corrected chi connectivity index (χ0v) is 29.1. The number of fused-ring (bicyclic) bond motifs is 5. The van der Waals surface area contributed by atoms with E-state index in [0.29, 0.717) is 34.1 Å². The number of anilines is 1. The maximum Gasteiger partial charge on any atom is 0.242 e. The fourth-order valence-corrected chi connectivity index (χ4v) is 10.5. The summed E-state index contributed by atoms with van der Waals surface area (Å²) < 4.78 is 2.65. The first-order valence-corrected chi connectivity index (χ1v) is 17.4. The van der Waals surface area contributed by atoms with E-state index in [4.69, 9.17) is 16.7 Å². The normalized spacial score (nSPS) is 28.3. The number of carbonyl (C=O) groups excluding carboxylic acids is 4. The Hall–Kier alpha value is -4.28. The standard InChI is InChI=1S/C37H35ClN4O5S/c1-16-11-19(12-17(2)31(16)43)30-21-8-9-22-29(35(46)40(5)33(22)44)24(21)14-25-34(45)42(36(47)37(25,30)4)28-15-26(39-41(28)6)32-18(3)23-13-20(38)7-10-27(23)48-32/h7-8,10-13,15,22,24-25,29-30,43H,9,14H2,1-6H3/t22-,24+,25-,29-,30-,37+/m0/s1. The summed E-state index contributed by atoms with van der Waals surface area (Å²) in [5, 5.41) is 17.1. The molecule has 4 aliphatic rings. The van der Waals surface area contributed by atoms with Gasteiger partial charge in [-0.1, -0.05) is 35.4 Å². The summed E-state index contributed by atoms with van der Waals surface area (Å²) in [7, 11) is 3.26. The van der Waals surface area contributed by atoms with Crippen LogP contribution in [-0.2, 0) is 26.2 Å². The minimum Gasteiger partial charge on any atom is -0.507 e. The van der Waals surface area contributed by atoms with E-state index >= 15 is 0 Å². The average Bonchev–Trinajstić information content (AvgIpc) is 3.71. The number of rotatable bonds is 3. The van der Waals surface area contributed by atoms with Gasteiger partial charge in [0.15, 0.2) is 0 Å². The Morgan fingerprint density at radius 3 is 2.38 bits per heavy atom. The van der Waals surface area contributed by atoms with Crippen LogP contribution < -0.4 is 4.90 Å². The Bertz CT molecular complexity index is 2160. The molecule has 3 fully saturated rings. The van der Waals surface area contributed by atoms with E-state index in [9.17, 15) is 24.3 Å². The van der Waals surface area contributed by atoms with E-state index in [0.717, 1.165) is 31.7 Å². The third-order valence-corrected chi connectivity index (χ3v) is 13.1. The van der Waals surface area contributed by atoms with E-state index in [-0.39, 0.29) is 41.7 Å². The minimum atomic E-state index is -1.19. The van der Waals surface area contributed by atoms with Crippen LogP contribution in [0, 0.1) is 49.9 Å². The molecule has 1 saturated carbocycles. The Kier molecular flexibility index (Phi) is 6.69. The second kappa shape index (κ2) is 10.4. The molecule has 48 heavy (non-hydrogen) atoms. The highest BCUT2D eigenvalue weighted by molar-refractivity contribution is 7.22. The smallest absolute Gasteiger partial charge is 0.242 e. The number of halogens is 1. The van der Waals surface area contributed by atoms with E-state index in [1.165, 1.54) is 16.8 Å². The number of aromatic hydroxyl groups is 1. The molecule has 0 radical (unpaired) electrons. The number of aromatic nitrogens is 2. The fraction of sp³-hybridized carbons (Fsp3) is 0.378. The Labute approximate surface area is 286 Å². The van der Waals surface area contributed by atoms with Crippen molar-refractivity contribution >= 4 is 62.5 Å². The number of hydrogen-bond donors (Lipinski definition) is 1. The van der Waals surface area contributed by atoms with Crippen molar-refractivity contribution in [2.75, 3.05) is 11.9 Å². The molecule has 2 aliphatic carbocycles. The second-order valence-corrected chi connectivity index (χ2v) is 15.6. The number of aryl methyl sites for hydroxylation is 4. The van der Waals surface area contributed by atoms with Crippen LogP contribution in [0.5, 0.6) is 5.75 Å². The molecule has 4 heterocycles. The second-order valence-electron chi connectivity index (χ2n) is 14.1. The monoisotopic (exact) mass is 682 g/mol. The van der Waals surface area contributed by atoms with Gasteiger partial charge in [0.1, 0.15) is 17.3 Å². The molecule has 8 rings (SSSR count). The van der Waals surface area contributed by atoms with Gasteiger partial charge < -0.3 is 5.11 Å². The Morgan fingerprint density at radius 1 is 0.958 bits per heavy atom. The molecule has 0 spiro atoms. The van der Waals surface area contributed by atoms with Crippen molar-refractivity contribution in [3.05, 3.63) is 75.3 Å². The molecule has 1 N–H and O–H groups in total. The van der Waals surface area contributed by atoms with E-state index in [2.05, 4.69) is 0 Å². The van der Waals surface area contributed by atoms with Gasteiger partial charge in [0.05, 0.1) is 28.0 Å². The van der Waals surface area contributed by atoms with Crippen molar-refractivity contribution in [3.8, 4) is 16.3 Å². The number of hydrogen-bond acceptors (Lipinski definition) is 7. The van der Waals surface area contributed by atoms with Crippen LogP contribution in [0.4, 0.5) is 5.82 Å². The first kappa shape index (κ1) is 31.0. The fourth-order valence-electron chi connectivity index (χ4n) is 9.14. The van der Waals surface area contributed by atoms with Gasteiger partial charge >= 0.3 is 0 Å². The van der Waals surface area contributed by atoms with Crippen LogP contribution in [0.25, 0.3) is 20.7 Å². The molecular formula is C37H35ClN4O5S. The van der Waals surface area contributed by atoms with Gasteiger partial charge in [0, 0.05) is 35.8 Å². The highest BCUT2D eigenvalue weighted by Crippen LogP contribution is 2.64. The van der Waals surface area contributed by atoms with Crippen molar-refractivity contribution in [3.63, 3.8) is 0 Å². The third-order valence-electron chi connectivity index (χ3n) is 11.6. The van der Waals surface area contributed by atoms with Gasteiger partial charge in [0.2, 0.25) is 23.6 Å². The number of benzene rings is 2. The van der Waals surface area contributed by atoms with Crippen molar-refractivity contribution in [2.45, 2.75) is 46.5 Å². The predicted molar refractivity (Wildman–Crippen MR) is 184 cm³/mol. The molecule has 2 aliphatic heterocycles. The lowest BCUT2D eigenvalue weighted by molar-refractivity contribution is -0.138. The molecule has 2 aromatic carbocycles. The van der Waals surface area contributed by atoms with Gasteiger partial charge in [-0.05, 0) is 92.3 Å². The van der Waals surface area contributed by atoms with Crippen LogP contribution in [-0.4, -0.2) is 50.5 Å². The summed E-state index contributed by atoms with van der Waals surface area (Å²) in [6.07, 6.45) is 2.72. The molecule has 6 atom stereocenters. The first-order valence-electron chi connectivity index (χ1n) is 16.2. The molecular weight excluding hydrogens is 648 g/mol. The molecule has 9 nitrogen and oxygen atoms in total. The van der Waals surface area contributed by atoms with Crippen LogP contribution >= 0.6 is 22.9 Å². The van der Waals surface area contributed by atoms with Gasteiger partial charge in [-0.15, -0.1) is 11.3 Å². The number of carbonyl (C=O) groups is 4. The van der Waals surface area contributed by atoms with Crippen molar-refractivity contribution < 1.29 is 24.3 Å². The Morgan fingerprint density at radius 2 is 1.67 bits per heavy atom. The first-order chi connectivity index (χ1) is 22.7. The number of phenolic OH excluding ortho intramolecular Hbond substituents is 1. The highest BCUT2D eigenvalue weighted by Gasteiger charge is 2.67. The summed E-state index contributed by atoms with van der Waals surface area (Å²) in [6, 6.07) is 11.3. The van der Waals surface area contributed by atoms with Crippen LogP contribution in [0.2, 0.25) is 5.02 Å². The van der Waals surface area contributed by atoms with E-state index < -0.39 is 29.1 Å².